The Bertz CT molecular complexity index is 881. The molecule has 1 fully saturated rings. The molecule has 1 amide bonds. The molecule has 138 valence electrons. The molecule has 0 atom stereocenters. The van der Waals surface area contributed by atoms with E-state index in [4.69, 9.17) is 0 Å². The molecule has 0 saturated carbocycles. The van der Waals surface area contributed by atoms with Gasteiger partial charge in [0.15, 0.2) is 0 Å². The lowest BCUT2D eigenvalue weighted by molar-refractivity contribution is 0.0637. The maximum absolute atomic E-state index is 12.9. The molecule has 2 aliphatic rings. The number of piperazine rings is 1. The fourth-order valence-electron chi connectivity index (χ4n) is 4.05. The van der Waals surface area contributed by atoms with Crippen LogP contribution in [-0.4, -0.2) is 58.0 Å². The molecule has 1 aromatic carbocycles. The van der Waals surface area contributed by atoms with E-state index in [1.54, 1.807) is 22.8 Å². The minimum atomic E-state index is 0.0249. The van der Waals surface area contributed by atoms with E-state index < -0.39 is 0 Å². The van der Waals surface area contributed by atoms with Crippen LogP contribution in [0, 0.1) is 0 Å². The standard InChI is InChI=1S/C20H26N4O2/c1-2-8-22-10-12-23(13-11-22)19(25)15-6-7-16-17(14-15)21-18-5-3-4-9-24(18)20(16)26/h6-7,14H,2-5,8-13H2,1H3. The van der Waals surface area contributed by atoms with Crippen LogP contribution in [0.2, 0.25) is 0 Å². The SMILES string of the molecule is CCCN1CCN(C(=O)c2ccc3c(=O)n4c(nc3c2)CCCC4)CC1. The average molecular weight is 354 g/mol. The summed E-state index contributed by atoms with van der Waals surface area (Å²) in [6.45, 7) is 7.41. The van der Waals surface area contributed by atoms with Crippen LogP contribution < -0.4 is 5.56 Å². The average Bonchev–Trinajstić information content (AvgIpc) is 2.68. The van der Waals surface area contributed by atoms with E-state index in [-0.39, 0.29) is 11.5 Å². The van der Waals surface area contributed by atoms with Crippen molar-refractivity contribution in [2.24, 2.45) is 0 Å². The quantitative estimate of drug-likeness (QED) is 0.845. The number of amides is 1. The third kappa shape index (κ3) is 3.14. The van der Waals surface area contributed by atoms with Gasteiger partial charge in [-0.25, -0.2) is 4.98 Å². The van der Waals surface area contributed by atoms with Crippen LogP contribution in [0.4, 0.5) is 0 Å². The van der Waals surface area contributed by atoms with E-state index in [9.17, 15) is 9.59 Å². The zero-order valence-electron chi connectivity index (χ0n) is 15.4. The van der Waals surface area contributed by atoms with Gasteiger partial charge in [0.2, 0.25) is 0 Å². The first kappa shape index (κ1) is 17.2. The summed E-state index contributed by atoms with van der Waals surface area (Å²) in [4.78, 5) is 34.6. The lowest BCUT2D eigenvalue weighted by Crippen LogP contribution is -2.48. The van der Waals surface area contributed by atoms with Gasteiger partial charge in [-0.2, -0.15) is 0 Å². The van der Waals surface area contributed by atoms with Crippen molar-refractivity contribution in [2.75, 3.05) is 32.7 Å². The van der Waals surface area contributed by atoms with E-state index in [1.165, 1.54) is 0 Å². The number of fused-ring (bicyclic) bond motifs is 2. The number of nitrogens with zero attached hydrogens (tertiary/aromatic N) is 4. The van der Waals surface area contributed by atoms with Gasteiger partial charge < -0.3 is 4.90 Å². The summed E-state index contributed by atoms with van der Waals surface area (Å²) in [7, 11) is 0. The van der Waals surface area contributed by atoms with Crippen molar-refractivity contribution in [1.82, 2.24) is 19.4 Å². The highest BCUT2D eigenvalue weighted by molar-refractivity contribution is 5.97. The van der Waals surface area contributed by atoms with Crippen molar-refractivity contribution >= 4 is 16.8 Å². The van der Waals surface area contributed by atoms with Crippen LogP contribution in [0.15, 0.2) is 23.0 Å². The molecule has 0 radical (unpaired) electrons. The molecule has 0 aliphatic carbocycles. The molecule has 3 heterocycles. The summed E-state index contributed by atoms with van der Waals surface area (Å²) in [5.74, 6) is 0.897. The highest BCUT2D eigenvalue weighted by Crippen LogP contribution is 2.18. The maximum Gasteiger partial charge on any atom is 0.261 e. The Hall–Kier alpha value is -2.21. The molecule has 0 spiro atoms. The minimum Gasteiger partial charge on any atom is -0.336 e. The molecule has 6 heteroatoms. The van der Waals surface area contributed by atoms with Gasteiger partial charge in [-0.3, -0.25) is 19.1 Å². The van der Waals surface area contributed by atoms with E-state index in [1.807, 2.05) is 4.90 Å². The molecule has 1 saturated heterocycles. The van der Waals surface area contributed by atoms with Gasteiger partial charge in [0, 0.05) is 44.7 Å². The molecule has 2 aromatic rings. The van der Waals surface area contributed by atoms with Crippen molar-refractivity contribution in [2.45, 2.75) is 39.2 Å². The molecule has 1 aromatic heterocycles. The summed E-state index contributed by atoms with van der Waals surface area (Å²) in [5.41, 5.74) is 1.31. The van der Waals surface area contributed by atoms with Crippen LogP contribution in [0.3, 0.4) is 0 Å². The smallest absolute Gasteiger partial charge is 0.261 e. The second kappa shape index (κ2) is 7.19. The first-order valence-corrected chi connectivity index (χ1v) is 9.72. The zero-order valence-corrected chi connectivity index (χ0v) is 15.4. The predicted molar refractivity (Wildman–Crippen MR) is 102 cm³/mol. The fraction of sp³-hybridized carbons (Fsp3) is 0.550. The van der Waals surface area contributed by atoms with Crippen molar-refractivity contribution < 1.29 is 4.79 Å². The summed E-state index contributed by atoms with van der Waals surface area (Å²) in [6.07, 6.45) is 4.08. The Morgan fingerprint density at radius 1 is 1.12 bits per heavy atom. The molecule has 0 N–H and O–H groups in total. The summed E-state index contributed by atoms with van der Waals surface area (Å²) in [6, 6.07) is 5.35. The minimum absolute atomic E-state index is 0.0249. The molecule has 6 nitrogen and oxygen atoms in total. The van der Waals surface area contributed by atoms with Crippen LogP contribution in [0.25, 0.3) is 10.9 Å². The number of benzene rings is 1. The van der Waals surface area contributed by atoms with Crippen LogP contribution >= 0.6 is 0 Å². The number of hydrogen-bond donors (Lipinski definition) is 0. The largest absolute Gasteiger partial charge is 0.336 e. The Balaban J connectivity index is 1.59. The van der Waals surface area contributed by atoms with Crippen molar-refractivity contribution in [3.8, 4) is 0 Å². The molecule has 2 aliphatic heterocycles. The van der Waals surface area contributed by atoms with E-state index in [0.717, 1.165) is 70.8 Å². The van der Waals surface area contributed by atoms with Crippen molar-refractivity contribution in [3.63, 3.8) is 0 Å². The predicted octanol–water partition coefficient (Wildman–Crippen LogP) is 1.90. The number of hydrogen-bond acceptors (Lipinski definition) is 4. The monoisotopic (exact) mass is 354 g/mol. The Kier molecular flexibility index (Phi) is 4.76. The van der Waals surface area contributed by atoms with Crippen LogP contribution in [0.1, 0.15) is 42.4 Å². The van der Waals surface area contributed by atoms with Crippen LogP contribution in [-0.2, 0) is 13.0 Å². The van der Waals surface area contributed by atoms with Crippen LogP contribution in [0.5, 0.6) is 0 Å². The van der Waals surface area contributed by atoms with Gasteiger partial charge in [-0.15, -0.1) is 0 Å². The Labute approximate surface area is 153 Å². The fourth-order valence-corrected chi connectivity index (χ4v) is 4.05. The third-order valence-corrected chi connectivity index (χ3v) is 5.51. The number of aryl methyl sites for hydroxylation is 1. The molecular formula is C20H26N4O2. The second-order valence-electron chi connectivity index (χ2n) is 7.31. The third-order valence-electron chi connectivity index (χ3n) is 5.51. The Morgan fingerprint density at radius 3 is 2.69 bits per heavy atom. The number of rotatable bonds is 3. The first-order valence-electron chi connectivity index (χ1n) is 9.72. The summed E-state index contributed by atoms with van der Waals surface area (Å²) in [5, 5.41) is 0.611. The molecular weight excluding hydrogens is 328 g/mol. The summed E-state index contributed by atoms with van der Waals surface area (Å²) >= 11 is 0. The lowest BCUT2D eigenvalue weighted by atomic mass is 10.1. The van der Waals surface area contributed by atoms with E-state index in [0.29, 0.717) is 16.5 Å². The maximum atomic E-state index is 12.9. The first-order chi connectivity index (χ1) is 12.7. The van der Waals surface area contributed by atoms with Crippen molar-refractivity contribution in [3.05, 3.63) is 39.9 Å². The van der Waals surface area contributed by atoms with Gasteiger partial charge in [-0.05, 0) is 44.0 Å². The van der Waals surface area contributed by atoms with Gasteiger partial charge in [0.05, 0.1) is 10.9 Å². The lowest BCUT2D eigenvalue weighted by Gasteiger charge is -2.34. The number of carbonyl (C=O) groups is 1. The van der Waals surface area contributed by atoms with Gasteiger partial charge >= 0.3 is 0 Å². The van der Waals surface area contributed by atoms with E-state index in [2.05, 4.69) is 16.8 Å². The Morgan fingerprint density at radius 2 is 1.92 bits per heavy atom. The number of carbonyl (C=O) groups excluding carboxylic acids is 1. The van der Waals surface area contributed by atoms with Gasteiger partial charge in [0.1, 0.15) is 5.82 Å². The highest BCUT2D eigenvalue weighted by atomic mass is 16.2. The van der Waals surface area contributed by atoms with E-state index >= 15 is 0 Å². The highest BCUT2D eigenvalue weighted by Gasteiger charge is 2.22. The molecule has 0 unspecified atom stereocenters. The molecule has 4 rings (SSSR count). The van der Waals surface area contributed by atoms with Crippen molar-refractivity contribution in [1.29, 1.82) is 0 Å². The topological polar surface area (TPSA) is 58.4 Å². The van der Waals surface area contributed by atoms with Gasteiger partial charge in [-0.1, -0.05) is 6.92 Å². The second-order valence-corrected chi connectivity index (χ2v) is 7.31. The molecule has 26 heavy (non-hydrogen) atoms. The normalized spacial score (nSPS) is 18.1. The zero-order chi connectivity index (χ0) is 18.1. The molecule has 0 bridgehead atoms. The number of aromatic nitrogens is 2. The summed E-state index contributed by atoms with van der Waals surface area (Å²) < 4.78 is 1.79. The van der Waals surface area contributed by atoms with Gasteiger partial charge in [0.25, 0.3) is 11.5 Å².